The Kier molecular flexibility index (Phi) is 4.52. The van der Waals surface area contributed by atoms with Crippen LogP contribution in [-0.4, -0.2) is 27.1 Å². The van der Waals surface area contributed by atoms with Gasteiger partial charge in [-0.2, -0.15) is 0 Å². The highest BCUT2D eigenvalue weighted by Crippen LogP contribution is 2.53. The summed E-state index contributed by atoms with van der Waals surface area (Å²) in [5.74, 6) is 2.42. The maximum atomic E-state index is 11.4. The fourth-order valence-corrected chi connectivity index (χ4v) is 6.45. The van der Waals surface area contributed by atoms with E-state index < -0.39 is 5.76 Å². The Morgan fingerprint density at radius 3 is 2.59 bits per heavy atom. The van der Waals surface area contributed by atoms with Crippen LogP contribution in [0.3, 0.4) is 0 Å². The second kappa shape index (κ2) is 7.74. The van der Waals surface area contributed by atoms with Crippen molar-refractivity contribution < 1.29 is 13.7 Å². The van der Waals surface area contributed by atoms with Crippen molar-refractivity contribution in [1.29, 1.82) is 0 Å². The van der Waals surface area contributed by atoms with Crippen molar-refractivity contribution >= 4 is 0 Å². The Hall–Kier alpha value is -3.58. The van der Waals surface area contributed by atoms with Crippen molar-refractivity contribution in [3.8, 4) is 22.9 Å². The average Bonchev–Trinajstić information content (AvgIpc) is 3.58. The van der Waals surface area contributed by atoms with Crippen molar-refractivity contribution in [2.24, 2.45) is 5.92 Å². The monoisotopic (exact) mass is 455 g/mol. The van der Waals surface area contributed by atoms with Crippen LogP contribution in [-0.2, 0) is 6.54 Å². The van der Waals surface area contributed by atoms with E-state index in [0.29, 0.717) is 23.8 Å². The number of nitrogens with zero attached hydrogens (tertiary/aromatic N) is 2. The van der Waals surface area contributed by atoms with Crippen molar-refractivity contribution in [2.45, 2.75) is 50.2 Å². The number of ether oxygens (including phenoxy) is 1. The Morgan fingerprint density at radius 2 is 1.82 bits per heavy atom. The average molecular weight is 456 g/mol. The maximum Gasteiger partial charge on any atom is 0.439 e. The molecule has 1 N–H and O–H groups in total. The van der Waals surface area contributed by atoms with Gasteiger partial charge in [0.25, 0.3) is 0 Å². The number of para-hydroxylation sites is 1. The lowest BCUT2D eigenvalue weighted by Gasteiger charge is -2.43. The van der Waals surface area contributed by atoms with Crippen LogP contribution in [0.2, 0.25) is 0 Å². The molecule has 4 aromatic rings. The van der Waals surface area contributed by atoms with Gasteiger partial charge in [0.2, 0.25) is 0 Å². The minimum atomic E-state index is -0.561. The van der Waals surface area contributed by atoms with E-state index in [2.05, 4.69) is 45.4 Å². The van der Waals surface area contributed by atoms with Crippen LogP contribution in [0.5, 0.6) is 11.5 Å². The van der Waals surface area contributed by atoms with Gasteiger partial charge in [-0.05, 0) is 49.8 Å². The highest BCUT2D eigenvalue weighted by Gasteiger charge is 2.45. The maximum absolute atomic E-state index is 11.4. The number of hydrogen-bond acceptors (Lipinski definition) is 6. The molecule has 7 heteroatoms. The molecule has 5 heterocycles. The normalized spacial score (nSPS) is 25.5. The highest BCUT2D eigenvalue weighted by molar-refractivity contribution is 5.63. The van der Waals surface area contributed by atoms with Crippen molar-refractivity contribution in [2.75, 3.05) is 0 Å². The first kappa shape index (κ1) is 19.9. The number of piperidine rings is 1. The van der Waals surface area contributed by atoms with E-state index in [1.54, 1.807) is 6.26 Å². The number of H-pyrrole nitrogens is 1. The standard InChI is InChI=1S/C27H25N3O4/c31-27-28-26(29-34-27)17-5-8-22-24(13-17)33-23-4-2-1-3-21(23)25(22)18-11-19-6-7-20(12-18)30(19)14-16-9-10-32-15-16/h1-5,8-10,13,15,18-20,25H,6-7,11-12,14H2,(H,28,29,31). The van der Waals surface area contributed by atoms with Crippen LogP contribution >= 0.6 is 0 Å². The van der Waals surface area contributed by atoms with Gasteiger partial charge in [0.05, 0.1) is 12.5 Å². The zero-order valence-electron chi connectivity index (χ0n) is 18.6. The van der Waals surface area contributed by atoms with Gasteiger partial charge in [-0.15, -0.1) is 0 Å². The Morgan fingerprint density at radius 1 is 1.00 bits per heavy atom. The van der Waals surface area contributed by atoms with E-state index in [-0.39, 0.29) is 5.92 Å². The molecule has 3 unspecified atom stereocenters. The zero-order chi connectivity index (χ0) is 22.6. The third-order valence-electron chi connectivity index (χ3n) is 7.87. The summed E-state index contributed by atoms with van der Waals surface area (Å²) in [6.07, 6.45) is 8.50. The quantitative estimate of drug-likeness (QED) is 0.449. The molecule has 2 bridgehead atoms. The highest BCUT2D eigenvalue weighted by atomic mass is 16.5. The minimum Gasteiger partial charge on any atom is -0.472 e. The first-order valence-corrected chi connectivity index (χ1v) is 12.0. The van der Waals surface area contributed by atoms with Gasteiger partial charge in [0.1, 0.15) is 11.5 Å². The molecule has 3 atom stereocenters. The van der Waals surface area contributed by atoms with E-state index in [1.807, 2.05) is 24.5 Å². The fraction of sp³-hybridized carbons (Fsp3) is 0.333. The lowest BCUT2D eigenvalue weighted by Crippen LogP contribution is -2.43. The molecule has 0 saturated carbocycles. The summed E-state index contributed by atoms with van der Waals surface area (Å²) in [6, 6.07) is 17.8. The van der Waals surface area contributed by atoms with Crippen LogP contribution in [0, 0.1) is 5.92 Å². The largest absolute Gasteiger partial charge is 0.472 e. The molecular formula is C27H25N3O4. The van der Waals surface area contributed by atoms with Gasteiger partial charge in [0.15, 0.2) is 5.82 Å². The molecule has 0 amide bonds. The number of rotatable bonds is 4. The van der Waals surface area contributed by atoms with Gasteiger partial charge in [-0.25, -0.2) is 4.79 Å². The molecule has 2 saturated heterocycles. The number of furan rings is 1. The summed E-state index contributed by atoms with van der Waals surface area (Å²) in [4.78, 5) is 16.8. The molecule has 0 spiro atoms. The van der Waals surface area contributed by atoms with Gasteiger partial charge in [-0.1, -0.05) is 35.5 Å². The first-order valence-electron chi connectivity index (χ1n) is 12.0. The Bertz CT molecular complexity index is 1370. The van der Waals surface area contributed by atoms with Crippen molar-refractivity contribution in [1.82, 2.24) is 15.0 Å². The Balaban J connectivity index is 1.24. The number of aromatic nitrogens is 2. The molecule has 7 nitrogen and oxygen atoms in total. The predicted octanol–water partition coefficient (Wildman–Crippen LogP) is 5.30. The number of nitrogens with one attached hydrogen (secondary N) is 1. The van der Waals surface area contributed by atoms with Crippen LogP contribution in [0.25, 0.3) is 11.4 Å². The molecule has 34 heavy (non-hydrogen) atoms. The van der Waals surface area contributed by atoms with Gasteiger partial charge < -0.3 is 9.15 Å². The molecule has 172 valence electrons. The summed E-state index contributed by atoms with van der Waals surface area (Å²) < 4.78 is 16.4. The third kappa shape index (κ3) is 3.22. The number of fused-ring (bicyclic) bond motifs is 4. The second-order valence-electron chi connectivity index (χ2n) is 9.73. The zero-order valence-corrected chi connectivity index (χ0v) is 18.6. The number of hydrogen-bond donors (Lipinski definition) is 1. The summed E-state index contributed by atoms with van der Waals surface area (Å²) in [5.41, 5.74) is 4.51. The van der Waals surface area contributed by atoms with E-state index in [4.69, 9.17) is 13.7 Å². The Labute approximate surface area is 196 Å². The lowest BCUT2D eigenvalue weighted by atomic mass is 9.72. The van der Waals surface area contributed by atoms with E-state index in [0.717, 1.165) is 23.6 Å². The summed E-state index contributed by atoms with van der Waals surface area (Å²) >= 11 is 0. The van der Waals surface area contributed by atoms with Gasteiger partial charge >= 0.3 is 5.76 Å². The molecule has 0 radical (unpaired) electrons. The molecule has 3 aliphatic rings. The number of benzene rings is 2. The van der Waals surface area contributed by atoms with Gasteiger partial charge in [-0.3, -0.25) is 14.4 Å². The van der Waals surface area contributed by atoms with E-state index in [1.165, 1.54) is 42.4 Å². The summed E-state index contributed by atoms with van der Waals surface area (Å²) in [5, 5.41) is 3.84. The van der Waals surface area contributed by atoms with Crippen LogP contribution in [0.4, 0.5) is 0 Å². The van der Waals surface area contributed by atoms with Crippen LogP contribution < -0.4 is 10.5 Å². The number of aromatic amines is 1. The second-order valence-corrected chi connectivity index (χ2v) is 9.73. The SMILES string of the molecule is O=c1[nH]c(-c2ccc3c(c2)Oc2ccccc2C3C2CC3CCC(C2)N3Cc2ccoc2)no1. The molecule has 7 rings (SSSR count). The molecule has 3 aliphatic heterocycles. The van der Waals surface area contributed by atoms with Crippen molar-refractivity contribution in [3.05, 3.63) is 88.3 Å². The van der Waals surface area contributed by atoms with E-state index >= 15 is 0 Å². The summed E-state index contributed by atoms with van der Waals surface area (Å²) in [6.45, 7) is 0.971. The fourth-order valence-electron chi connectivity index (χ4n) is 6.45. The molecule has 2 fully saturated rings. The topological polar surface area (TPSA) is 84.5 Å². The first-order chi connectivity index (χ1) is 16.7. The molecule has 2 aromatic carbocycles. The molecule has 0 aliphatic carbocycles. The molecule has 2 aromatic heterocycles. The third-order valence-corrected chi connectivity index (χ3v) is 7.87. The molecular weight excluding hydrogens is 430 g/mol. The van der Waals surface area contributed by atoms with Crippen LogP contribution in [0.1, 0.15) is 48.3 Å². The predicted molar refractivity (Wildman–Crippen MR) is 125 cm³/mol. The van der Waals surface area contributed by atoms with Crippen molar-refractivity contribution in [3.63, 3.8) is 0 Å². The lowest BCUT2D eigenvalue weighted by molar-refractivity contribution is 0.0887. The van der Waals surface area contributed by atoms with Crippen LogP contribution in [0.15, 0.2) is 74.8 Å². The van der Waals surface area contributed by atoms with E-state index in [9.17, 15) is 4.79 Å². The van der Waals surface area contributed by atoms with Gasteiger partial charge in [0, 0.05) is 46.8 Å². The summed E-state index contributed by atoms with van der Waals surface area (Å²) in [7, 11) is 0. The smallest absolute Gasteiger partial charge is 0.439 e. The minimum absolute atomic E-state index is 0.282.